The van der Waals surface area contributed by atoms with Crippen LogP contribution in [0.3, 0.4) is 0 Å². The fourth-order valence-electron chi connectivity index (χ4n) is 1.11. The molecule has 4 heteroatoms. The Bertz CT molecular complexity index is 289. The second kappa shape index (κ2) is 4.56. The first-order valence-corrected chi connectivity index (χ1v) is 4.24. The van der Waals surface area contributed by atoms with Gasteiger partial charge in [-0.1, -0.05) is 11.6 Å². The Morgan fingerprint density at radius 3 is 2.85 bits per heavy atom. The average Bonchev–Trinajstić information content (AvgIpc) is 2.13. The SMILES string of the molecule is COC(CN)c1cc(Cl)ccc1F. The fraction of sp³-hybridized carbons (Fsp3) is 0.333. The third kappa shape index (κ3) is 2.40. The largest absolute Gasteiger partial charge is 0.375 e. The van der Waals surface area contributed by atoms with E-state index in [1.165, 1.54) is 25.3 Å². The summed E-state index contributed by atoms with van der Waals surface area (Å²) in [5, 5.41) is 0.479. The first-order chi connectivity index (χ1) is 6.19. The molecule has 1 rings (SSSR count). The number of rotatable bonds is 3. The van der Waals surface area contributed by atoms with Crippen molar-refractivity contribution in [1.29, 1.82) is 0 Å². The standard InChI is InChI=1S/C9H11ClFNO/c1-13-9(5-12)7-4-6(10)2-3-8(7)11/h2-4,9H,5,12H2,1H3. The quantitative estimate of drug-likeness (QED) is 0.817. The molecule has 0 saturated heterocycles. The molecule has 0 amide bonds. The zero-order chi connectivity index (χ0) is 9.84. The Morgan fingerprint density at radius 1 is 1.62 bits per heavy atom. The Balaban J connectivity index is 3.03. The number of nitrogens with two attached hydrogens (primary N) is 1. The summed E-state index contributed by atoms with van der Waals surface area (Å²) in [6.07, 6.45) is -0.432. The van der Waals surface area contributed by atoms with Crippen molar-refractivity contribution in [2.75, 3.05) is 13.7 Å². The van der Waals surface area contributed by atoms with Crippen LogP contribution >= 0.6 is 11.6 Å². The first-order valence-electron chi connectivity index (χ1n) is 3.87. The van der Waals surface area contributed by atoms with E-state index in [-0.39, 0.29) is 12.4 Å². The number of hydrogen-bond acceptors (Lipinski definition) is 2. The normalized spacial score (nSPS) is 12.9. The predicted octanol–water partition coefficient (Wildman–Crippen LogP) is 2.13. The van der Waals surface area contributed by atoms with Gasteiger partial charge in [-0.05, 0) is 18.2 Å². The lowest BCUT2D eigenvalue weighted by Crippen LogP contribution is -2.15. The Hall–Kier alpha value is -0.640. The van der Waals surface area contributed by atoms with Crippen molar-refractivity contribution in [1.82, 2.24) is 0 Å². The summed E-state index contributed by atoms with van der Waals surface area (Å²) in [6, 6.07) is 4.32. The van der Waals surface area contributed by atoms with Crippen LogP contribution in [0.5, 0.6) is 0 Å². The Labute approximate surface area is 81.4 Å². The van der Waals surface area contributed by atoms with Gasteiger partial charge in [0.15, 0.2) is 0 Å². The third-order valence-electron chi connectivity index (χ3n) is 1.80. The highest BCUT2D eigenvalue weighted by Crippen LogP contribution is 2.22. The van der Waals surface area contributed by atoms with Gasteiger partial charge in [0.25, 0.3) is 0 Å². The highest BCUT2D eigenvalue weighted by atomic mass is 35.5. The van der Waals surface area contributed by atoms with E-state index in [2.05, 4.69) is 0 Å². The molecule has 1 aromatic rings. The van der Waals surface area contributed by atoms with E-state index in [9.17, 15) is 4.39 Å². The summed E-state index contributed by atoms with van der Waals surface area (Å²) < 4.78 is 18.2. The van der Waals surface area contributed by atoms with Crippen molar-refractivity contribution in [3.63, 3.8) is 0 Å². The van der Waals surface area contributed by atoms with Crippen LogP contribution in [0.4, 0.5) is 4.39 Å². The predicted molar refractivity (Wildman–Crippen MR) is 50.2 cm³/mol. The molecule has 72 valence electrons. The topological polar surface area (TPSA) is 35.2 Å². The molecule has 0 bridgehead atoms. The molecule has 2 N–H and O–H groups in total. The molecule has 0 fully saturated rings. The molecule has 0 radical (unpaired) electrons. The van der Waals surface area contributed by atoms with Gasteiger partial charge < -0.3 is 10.5 Å². The minimum absolute atomic E-state index is 0.230. The molecule has 0 spiro atoms. The van der Waals surface area contributed by atoms with E-state index < -0.39 is 6.10 Å². The van der Waals surface area contributed by atoms with Gasteiger partial charge in [-0.2, -0.15) is 0 Å². The second-order valence-electron chi connectivity index (χ2n) is 2.63. The summed E-state index contributed by atoms with van der Waals surface area (Å²) in [6.45, 7) is 0.230. The summed E-state index contributed by atoms with van der Waals surface area (Å²) >= 11 is 5.71. The second-order valence-corrected chi connectivity index (χ2v) is 3.06. The van der Waals surface area contributed by atoms with Crippen LogP contribution < -0.4 is 5.73 Å². The van der Waals surface area contributed by atoms with Crippen molar-refractivity contribution >= 4 is 11.6 Å². The number of halogens is 2. The molecule has 2 nitrogen and oxygen atoms in total. The van der Waals surface area contributed by atoms with Crippen LogP contribution in [0.25, 0.3) is 0 Å². The summed E-state index contributed by atoms with van der Waals surface area (Å²) in [7, 11) is 1.48. The third-order valence-corrected chi connectivity index (χ3v) is 2.04. The zero-order valence-electron chi connectivity index (χ0n) is 7.26. The minimum Gasteiger partial charge on any atom is -0.375 e. The van der Waals surface area contributed by atoms with Crippen LogP contribution in [0.1, 0.15) is 11.7 Å². The van der Waals surface area contributed by atoms with Gasteiger partial charge in [0.1, 0.15) is 5.82 Å². The molecular weight excluding hydrogens is 193 g/mol. The summed E-state index contributed by atoms with van der Waals surface area (Å²) in [5.74, 6) is -0.346. The van der Waals surface area contributed by atoms with E-state index >= 15 is 0 Å². The Morgan fingerprint density at radius 2 is 2.31 bits per heavy atom. The van der Waals surface area contributed by atoms with Gasteiger partial charge >= 0.3 is 0 Å². The number of methoxy groups -OCH3 is 1. The van der Waals surface area contributed by atoms with Crippen molar-refractivity contribution in [3.05, 3.63) is 34.6 Å². The van der Waals surface area contributed by atoms with Crippen LogP contribution in [0.15, 0.2) is 18.2 Å². The van der Waals surface area contributed by atoms with Gasteiger partial charge in [-0.15, -0.1) is 0 Å². The average molecular weight is 204 g/mol. The highest BCUT2D eigenvalue weighted by Gasteiger charge is 2.13. The lowest BCUT2D eigenvalue weighted by molar-refractivity contribution is 0.107. The van der Waals surface area contributed by atoms with E-state index in [4.69, 9.17) is 22.1 Å². The maximum absolute atomic E-state index is 13.2. The lowest BCUT2D eigenvalue weighted by Gasteiger charge is -2.13. The maximum atomic E-state index is 13.2. The van der Waals surface area contributed by atoms with Gasteiger partial charge in [0, 0.05) is 24.2 Å². The molecule has 0 aliphatic rings. The van der Waals surface area contributed by atoms with Crippen LogP contribution in [-0.2, 0) is 4.74 Å². The molecule has 0 aromatic heterocycles. The maximum Gasteiger partial charge on any atom is 0.129 e. The fourth-order valence-corrected chi connectivity index (χ4v) is 1.29. The van der Waals surface area contributed by atoms with Gasteiger partial charge in [0.2, 0.25) is 0 Å². The van der Waals surface area contributed by atoms with Crippen molar-refractivity contribution < 1.29 is 9.13 Å². The smallest absolute Gasteiger partial charge is 0.129 e. The van der Waals surface area contributed by atoms with E-state index in [0.29, 0.717) is 10.6 Å². The molecular formula is C9H11ClFNO. The zero-order valence-corrected chi connectivity index (χ0v) is 8.01. The highest BCUT2D eigenvalue weighted by molar-refractivity contribution is 6.30. The lowest BCUT2D eigenvalue weighted by atomic mass is 10.1. The van der Waals surface area contributed by atoms with Gasteiger partial charge in [-0.25, -0.2) is 4.39 Å². The Kier molecular flexibility index (Phi) is 3.66. The van der Waals surface area contributed by atoms with Crippen LogP contribution in [0.2, 0.25) is 5.02 Å². The number of hydrogen-bond donors (Lipinski definition) is 1. The van der Waals surface area contributed by atoms with Gasteiger partial charge in [0.05, 0.1) is 6.10 Å². The molecule has 0 heterocycles. The molecule has 1 atom stereocenters. The van der Waals surface area contributed by atoms with E-state index in [0.717, 1.165) is 0 Å². The minimum atomic E-state index is -0.432. The summed E-state index contributed by atoms with van der Waals surface area (Å²) in [5.41, 5.74) is 5.80. The first kappa shape index (κ1) is 10.4. The number of ether oxygens (including phenoxy) is 1. The molecule has 0 aliphatic carbocycles. The summed E-state index contributed by atoms with van der Waals surface area (Å²) in [4.78, 5) is 0. The monoisotopic (exact) mass is 203 g/mol. The van der Waals surface area contributed by atoms with Crippen LogP contribution in [0, 0.1) is 5.82 Å². The molecule has 0 saturated carbocycles. The number of benzene rings is 1. The molecule has 1 aromatic carbocycles. The van der Waals surface area contributed by atoms with Gasteiger partial charge in [-0.3, -0.25) is 0 Å². The van der Waals surface area contributed by atoms with Crippen molar-refractivity contribution in [3.8, 4) is 0 Å². The van der Waals surface area contributed by atoms with Crippen molar-refractivity contribution in [2.45, 2.75) is 6.10 Å². The van der Waals surface area contributed by atoms with E-state index in [1.54, 1.807) is 0 Å². The molecule has 1 unspecified atom stereocenters. The molecule has 13 heavy (non-hydrogen) atoms. The van der Waals surface area contributed by atoms with E-state index in [1.807, 2.05) is 0 Å². The molecule has 0 aliphatic heterocycles. The van der Waals surface area contributed by atoms with Crippen molar-refractivity contribution in [2.24, 2.45) is 5.73 Å². The van der Waals surface area contributed by atoms with Crippen LogP contribution in [-0.4, -0.2) is 13.7 Å².